The highest BCUT2D eigenvalue weighted by Crippen LogP contribution is 2.30. The van der Waals surface area contributed by atoms with E-state index in [0.29, 0.717) is 0 Å². The average Bonchev–Trinajstić information content (AvgIpc) is 2.99. The molecule has 1 atom stereocenters. The summed E-state index contributed by atoms with van der Waals surface area (Å²) in [6.07, 6.45) is -5.23. The summed E-state index contributed by atoms with van der Waals surface area (Å²) in [5.74, 6) is -4.61. The second-order valence-electron chi connectivity index (χ2n) is 5.34. The molecule has 3 heterocycles. The molecule has 1 aromatic rings. The van der Waals surface area contributed by atoms with Crippen molar-refractivity contribution in [3.05, 3.63) is 11.6 Å². The number of nitrogens with zero attached hydrogens (tertiary/aromatic N) is 4. The molecule has 2 aliphatic heterocycles. The molecule has 0 radical (unpaired) electrons. The van der Waals surface area contributed by atoms with Crippen LogP contribution in [0.1, 0.15) is 18.1 Å². The maximum absolute atomic E-state index is 13.1. The van der Waals surface area contributed by atoms with Crippen molar-refractivity contribution in [3.8, 4) is 0 Å². The first-order valence-corrected chi connectivity index (χ1v) is 6.57. The SMILES string of the molecule is O=C(C1CC(F)(F)CN1)N1CCn2c(nnc2C(F)(F)F)C1. The number of rotatable bonds is 1. The standard InChI is InChI=1S/C11H12F5N5O/c12-10(13)3-6(17-5-10)8(22)20-1-2-21-7(4-20)18-19-9(21)11(14,15)16/h6,17H,1-5H2. The van der Waals surface area contributed by atoms with E-state index in [0.717, 1.165) is 4.57 Å². The third-order valence-corrected chi connectivity index (χ3v) is 3.73. The highest BCUT2D eigenvalue weighted by atomic mass is 19.4. The predicted octanol–water partition coefficient (Wildman–Crippen LogP) is 0.636. The lowest BCUT2D eigenvalue weighted by molar-refractivity contribution is -0.148. The Kier molecular flexibility index (Phi) is 3.34. The Bertz CT molecular complexity index is 598. The lowest BCUT2D eigenvalue weighted by Crippen LogP contribution is -2.47. The van der Waals surface area contributed by atoms with Gasteiger partial charge in [0.2, 0.25) is 11.7 Å². The molecule has 0 aromatic carbocycles. The van der Waals surface area contributed by atoms with Crippen LogP contribution in [-0.4, -0.2) is 50.6 Å². The fraction of sp³-hybridized carbons (Fsp3) is 0.727. The van der Waals surface area contributed by atoms with Crippen molar-refractivity contribution >= 4 is 5.91 Å². The second kappa shape index (κ2) is 4.86. The Labute approximate surface area is 121 Å². The molecular weight excluding hydrogens is 313 g/mol. The van der Waals surface area contributed by atoms with Crippen LogP contribution in [0.2, 0.25) is 0 Å². The smallest absolute Gasteiger partial charge is 0.332 e. The summed E-state index contributed by atoms with van der Waals surface area (Å²) >= 11 is 0. The van der Waals surface area contributed by atoms with E-state index in [1.54, 1.807) is 0 Å². The number of fused-ring (bicyclic) bond motifs is 1. The van der Waals surface area contributed by atoms with Crippen LogP contribution >= 0.6 is 0 Å². The number of aromatic nitrogens is 3. The lowest BCUT2D eigenvalue weighted by atomic mass is 10.1. The first-order valence-electron chi connectivity index (χ1n) is 6.57. The Balaban J connectivity index is 1.73. The van der Waals surface area contributed by atoms with Crippen molar-refractivity contribution in [1.29, 1.82) is 0 Å². The Morgan fingerprint density at radius 3 is 2.59 bits per heavy atom. The fourth-order valence-electron chi connectivity index (χ4n) is 2.67. The molecule has 0 saturated carbocycles. The van der Waals surface area contributed by atoms with Gasteiger partial charge in [0.15, 0.2) is 5.82 Å². The second-order valence-corrected chi connectivity index (χ2v) is 5.34. The summed E-state index contributed by atoms with van der Waals surface area (Å²) in [6.45, 7) is -0.875. The van der Waals surface area contributed by atoms with E-state index >= 15 is 0 Å². The van der Waals surface area contributed by atoms with Crippen molar-refractivity contribution in [3.63, 3.8) is 0 Å². The Hall–Kier alpha value is -1.78. The van der Waals surface area contributed by atoms with Crippen molar-refractivity contribution < 1.29 is 26.7 Å². The summed E-state index contributed by atoms with van der Waals surface area (Å²) in [7, 11) is 0. The third-order valence-electron chi connectivity index (χ3n) is 3.73. The van der Waals surface area contributed by atoms with Crippen LogP contribution in [0.25, 0.3) is 0 Å². The van der Waals surface area contributed by atoms with Gasteiger partial charge in [0.25, 0.3) is 5.92 Å². The van der Waals surface area contributed by atoms with Gasteiger partial charge in [0, 0.05) is 19.5 Å². The van der Waals surface area contributed by atoms with E-state index in [1.165, 1.54) is 4.90 Å². The molecule has 11 heteroatoms. The summed E-state index contributed by atoms with van der Waals surface area (Å²) in [5.41, 5.74) is 0. The molecule has 0 bridgehead atoms. The zero-order valence-electron chi connectivity index (χ0n) is 11.2. The normalized spacial score (nSPS) is 24.4. The largest absolute Gasteiger partial charge is 0.451 e. The van der Waals surface area contributed by atoms with Gasteiger partial charge in [0.1, 0.15) is 0 Å². The van der Waals surface area contributed by atoms with Gasteiger partial charge in [-0.1, -0.05) is 0 Å². The van der Waals surface area contributed by atoms with Crippen LogP contribution in [0.3, 0.4) is 0 Å². The number of carbonyl (C=O) groups excluding carboxylic acids is 1. The van der Waals surface area contributed by atoms with Crippen LogP contribution in [0.4, 0.5) is 22.0 Å². The lowest BCUT2D eigenvalue weighted by Gasteiger charge is -2.30. The van der Waals surface area contributed by atoms with Gasteiger partial charge in [0.05, 0.1) is 19.1 Å². The minimum atomic E-state index is -4.62. The van der Waals surface area contributed by atoms with E-state index in [-0.39, 0.29) is 25.5 Å². The highest BCUT2D eigenvalue weighted by Gasteiger charge is 2.45. The van der Waals surface area contributed by atoms with Gasteiger partial charge in [-0.25, -0.2) is 8.78 Å². The van der Waals surface area contributed by atoms with E-state index in [2.05, 4.69) is 15.5 Å². The topological polar surface area (TPSA) is 63.1 Å². The van der Waals surface area contributed by atoms with E-state index < -0.39 is 42.8 Å². The van der Waals surface area contributed by atoms with Gasteiger partial charge in [-0.15, -0.1) is 10.2 Å². The maximum atomic E-state index is 13.1. The zero-order chi connectivity index (χ0) is 16.1. The summed E-state index contributed by atoms with van der Waals surface area (Å²) < 4.78 is 65.2. The summed E-state index contributed by atoms with van der Waals surface area (Å²) in [5, 5.41) is 8.97. The van der Waals surface area contributed by atoms with E-state index in [4.69, 9.17) is 0 Å². The van der Waals surface area contributed by atoms with Crippen LogP contribution in [0.5, 0.6) is 0 Å². The zero-order valence-corrected chi connectivity index (χ0v) is 11.2. The van der Waals surface area contributed by atoms with Gasteiger partial charge in [-0.05, 0) is 0 Å². The fourth-order valence-corrected chi connectivity index (χ4v) is 2.67. The summed E-state index contributed by atoms with van der Waals surface area (Å²) in [4.78, 5) is 13.4. The van der Waals surface area contributed by atoms with Crippen LogP contribution in [0.15, 0.2) is 0 Å². The number of hydrogen-bond donors (Lipinski definition) is 1. The van der Waals surface area contributed by atoms with Crippen LogP contribution in [0, 0.1) is 0 Å². The number of halogens is 5. The highest BCUT2D eigenvalue weighted by molar-refractivity contribution is 5.82. The maximum Gasteiger partial charge on any atom is 0.451 e. The molecule has 2 aliphatic rings. The Morgan fingerprint density at radius 2 is 2.00 bits per heavy atom. The summed E-state index contributed by atoms with van der Waals surface area (Å²) in [6, 6.07) is -1.02. The number of alkyl halides is 5. The van der Waals surface area contributed by atoms with Gasteiger partial charge in [-0.2, -0.15) is 13.2 Å². The molecule has 1 amide bonds. The first kappa shape index (κ1) is 15.1. The van der Waals surface area contributed by atoms with Crippen LogP contribution in [-0.2, 0) is 24.1 Å². The van der Waals surface area contributed by atoms with Crippen molar-refractivity contribution in [2.45, 2.75) is 37.7 Å². The molecule has 122 valence electrons. The quantitative estimate of drug-likeness (QED) is 0.770. The average molecular weight is 325 g/mol. The van der Waals surface area contributed by atoms with Gasteiger partial charge >= 0.3 is 6.18 Å². The third kappa shape index (κ3) is 2.64. The molecule has 1 fully saturated rings. The molecule has 1 aromatic heterocycles. The van der Waals surface area contributed by atoms with Gasteiger partial charge in [-0.3, -0.25) is 10.1 Å². The molecule has 1 unspecified atom stereocenters. The first-order chi connectivity index (χ1) is 10.2. The number of nitrogens with one attached hydrogen (secondary N) is 1. The molecule has 1 saturated heterocycles. The Morgan fingerprint density at radius 1 is 1.27 bits per heavy atom. The molecular formula is C11H12F5N5O. The molecule has 1 N–H and O–H groups in total. The number of carbonyl (C=O) groups is 1. The van der Waals surface area contributed by atoms with E-state index in [1.807, 2.05) is 0 Å². The van der Waals surface area contributed by atoms with E-state index in [9.17, 15) is 26.7 Å². The molecule has 3 rings (SSSR count). The van der Waals surface area contributed by atoms with Crippen LogP contribution < -0.4 is 5.32 Å². The number of amides is 1. The van der Waals surface area contributed by atoms with Crippen molar-refractivity contribution in [2.75, 3.05) is 13.1 Å². The molecule has 0 aliphatic carbocycles. The van der Waals surface area contributed by atoms with Crippen molar-refractivity contribution in [2.24, 2.45) is 0 Å². The molecule has 6 nitrogen and oxygen atoms in total. The van der Waals surface area contributed by atoms with Gasteiger partial charge < -0.3 is 9.47 Å². The predicted molar refractivity (Wildman–Crippen MR) is 61.8 cm³/mol. The minimum Gasteiger partial charge on any atom is -0.332 e. The molecule has 22 heavy (non-hydrogen) atoms. The minimum absolute atomic E-state index is 0.00307. The van der Waals surface area contributed by atoms with Crippen molar-refractivity contribution in [1.82, 2.24) is 25.0 Å². The number of hydrogen-bond acceptors (Lipinski definition) is 4. The monoisotopic (exact) mass is 325 g/mol. The molecule has 0 spiro atoms.